The Hall–Kier alpha value is -1.06. The van der Waals surface area contributed by atoms with Crippen LogP contribution >= 0.6 is 11.6 Å². The van der Waals surface area contributed by atoms with Gasteiger partial charge in [-0.2, -0.15) is 0 Å². The Bertz CT molecular complexity index is 308. The molecule has 2 N–H and O–H groups in total. The summed E-state index contributed by atoms with van der Waals surface area (Å²) in [5, 5.41) is 12.2. The number of benzene rings is 1. The van der Waals surface area contributed by atoms with Gasteiger partial charge in [-0.1, -0.05) is 11.6 Å². The van der Waals surface area contributed by atoms with Crippen molar-refractivity contribution in [3.8, 4) is 0 Å². The molecular formula is C10H12ClNO2. The molecule has 0 aliphatic rings. The van der Waals surface area contributed by atoms with E-state index in [1.807, 2.05) is 0 Å². The molecule has 14 heavy (non-hydrogen) atoms. The smallest absolute Gasteiger partial charge is 0.226 e. The van der Waals surface area contributed by atoms with Crippen molar-refractivity contribution in [2.45, 2.75) is 19.4 Å². The van der Waals surface area contributed by atoms with Crippen LogP contribution in [0.1, 0.15) is 13.3 Å². The molecule has 1 rings (SSSR count). The first kappa shape index (κ1) is 11.0. The van der Waals surface area contributed by atoms with E-state index in [9.17, 15) is 4.79 Å². The van der Waals surface area contributed by atoms with Crippen LogP contribution in [0.3, 0.4) is 0 Å². The first-order chi connectivity index (χ1) is 6.58. The third-order valence-corrected chi connectivity index (χ3v) is 1.86. The number of aliphatic hydroxyl groups excluding tert-OH is 1. The molecule has 1 aromatic carbocycles. The van der Waals surface area contributed by atoms with Crippen LogP contribution in [0.2, 0.25) is 5.02 Å². The summed E-state index contributed by atoms with van der Waals surface area (Å²) in [6.45, 7) is 1.57. The fourth-order valence-corrected chi connectivity index (χ4v) is 1.14. The van der Waals surface area contributed by atoms with Crippen molar-refractivity contribution in [2.24, 2.45) is 0 Å². The van der Waals surface area contributed by atoms with E-state index in [1.165, 1.54) is 0 Å². The maximum absolute atomic E-state index is 11.2. The highest BCUT2D eigenvalue weighted by atomic mass is 35.5. The molecule has 76 valence electrons. The Labute approximate surface area is 87.7 Å². The monoisotopic (exact) mass is 213 g/mol. The molecule has 0 unspecified atom stereocenters. The first-order valence-corrected chi connectivity index (χ1v) is 4.69. The maximum Gasteiger partial charge on any atom is 0.226 e. The van der Waals surface area contributed by atoms with E-state index in [0.29, 0.717) is 10.7 Å². The minimum absolute atomic E-state index is 0.0998. The Morgan fingerprint density at radius 1 is 1.50 bits per heavy atom. The maximum atomic E-state index is 11.2. The average molecular weight is 214 g/mol. The number of amides is 1. The quantitative estimate of drug-likeness (QED) is 0.808. The van der Waals surface area contributed by atoms with Crippen molar-refractivity contribution in [3.63, 3.8) is 0 Å². The van der Waals surface area contributed by atoms with Crippen LogP contribution in [0.4, 0.5) is 5.69 Å². The van der Waals surface area contributed by atoms with Gasteiger partial charge in [0.1, 0.15) is 0 Å². The molecule has 0 spiro atoms. The number of hydrogen-bond acceptors (Lipinski definition) is 2. The number of nitrogens with one attached hydrogen (secondary N) is 1. The molecule has 0 aliphatic carbocycles. The van der Waals surface area contributed by atoms with Gasteiger partial charge in [-0.05, 0) is 31.2 Å². The SMILES string of the molecule is C[C@@H](O)CC(=O)Nc1ccc(Cl)cc1. The third kappa shape index (κ3) is 3.77. The molecule has 0 heterocycles. The van der Waals surface area contributed by atoms with E-state index in [-0.39, 0.29) is 12.3 Å². The summed E-state index contributed by atoms with van der Waals surface area (Å²) in [7, 11) is 0. The van der Waals surface area contributed by atoms with Crippen LogP contribution in [-0.2, 0) is 4.79 Å². The van der Waals surface area contributed by atoms with E-state index < -0.39 is 6.10 Å². The van der Waals surface area contributed by atoms with Gasteiger partial charge in [0.25, 0.3) is 0 Å². The standard InChI is InChI=1S/C10H12ClNO2/c1-7(13)6-10(14)12-9-4-2-8(11)3-5-9/h2-5,7,13H,6H2,1H3,(H,12,14)/t7-/m1/s1. The lowest BCUT2D eigenvalue weighted by Gasteiger charge is -2.06. The van der Waals surface area contributed by atoms with Crippen molar-refractivity contribution in [1.29, 1.82) is 0 Å². The summed E-state index contributed by atoms with van der Waals surface area (Å²) in [6.07, 6.45) is -0.523. The lowest BCUT2D eigenvalue weighted by Crippen LogP contribution is -2.17. The van der Waals surface area contributed by atoms with Crippen LogP contribution in [0.15, 0.2) is 24.3 Å². The van der Waals surface area contributed by atoms with Gasteiger partial charge in [0, 0.05) is 10.7 Å². The summed E-state index contributed by atoms with van der Waals surface area (Å²) in [5.74, 6) is -0.206. The zero-order valence-electron chi connectivity index (χ0n) is 7.83. The van der Waals surface area contributed by atoms with Gasteiger partial charge in [0.2, 0.25) is 5.91 Å². The van der Waals surface area contributed by atoms with Gasteiger partial charge in [0.15, 0.2) is 0 Å². The van der Waals surface area contributed by atoms with E-state index in [1.54, 1.807) is 31.2 Å². The molecule has 4 heteroatoms. The summed E-state index contributed by atoms with van der Waals surface area (Å²) in [6, 6.07) is 6.81. The zero-order chi connectivity index (χ0) is 10.6. The van der Waals surface area contributed by atoms with Crippen molar-refractivity contribution >= 4 is 23.2 Å². The topological polar surface area (TPSA) is 49.3 Å². The molecule has 1 aromatic rings. The molecule has 3 nitrogen and oxygen atoms in total. The fraction of sp³-hybridized carbons (Fsp3) is 0.300. The molecule has 1 amide bonds. The second kappa shape index (κ2) is 4.98. The number of halogens is 1. The van der Waals surface area contributed by atoms with Crippen LogP contribution in [0.25, 0.3) is 0 Å². The molecule has 0 radical (unpaired) electrons. The van der Waals surface area contributed by atoms with Gasteiger partial charge in [0.05, 0.1) is 12.5 Å². The second-order valence-electron chi connectivity index (χ2n) is 3.11. The van der Waals surface area contributed by atoms with E-state index in [2.05, 4.69) is 5.32 Å². The first-order valence-electron chi connectivity index (χ1n) is 4.31. The average Bonchev–Trinajstić information content (AvgIpc) is 2.07. The van der Waals surface area contributed by atoms with Gasteiger partial charge in [-0.15, -0.1) is 0 Å². The largest absolute Gasteiger partial charge is 0.393 e. The highest BCUT2D eigenvalue weighted by Crippen LogP contribution is 2.13. The highest BCUT2D eigenvalue weighted by Gasteiger charge is 2.05. The lowest BCUT2D eigenvalue weighted by atomic mass is 10.2. The van der Waals surface area contributed by atoms with Crippen LogP contribution in [0.5, 0.6) is 0 Å². The van der Waals surface area contributed by atoms with Crippen molar-refractivity contribution < 1.29 is 9.90 Å². The number of carbonyl (C=O) groups is 1. The Kier molecular flexibility index (Phi) is 3.92. The summed E-state index contributed by atoms with van der Waals surface area (Å²) >= 11 is 5.68. The Morgan fingerprint density at radius 2 is 2.07 bits per heavy atom. The Balaban J connectivity index is 2.52. The minimum Gasteiger partial charge on any atom is -0.393 e. The number of anilines is 1. The molecule has 0 bridgehead atoms. The molecule has 0 fully saturated rings. The predicted molar refractivity (Wildman–Crippen MR) is 56.4 cm³/mol. The second-order valence-corrected chi connectivity index (χ2v) is 3.54. The summed E-state index contributed by atoms with van der Waals surface area (Å²) < 4.78 is 0. The third-order valence-electron chi connectivity index (χ3n) is 1.61. The summed E-state index contributed by atoms with van der Waals surface area (Å²) in [4.78, 5) is 11.2. The van der Waals surface area contributed by atoms with Crippen LogP contribution in [0, 0.1) is 0 Å². The highest BCUT2D eigenvalue weighted by molar-refractivity contribution is 6.30. The van der Waals surface area contributed by atoms with Gasteiger partial charge in [-0.3, -0.25) is 4.79 Å². The predicted octanol–water partition coefficient (Wildman–Crippen LogP) is 2.05. The molecule has 0 saturated carbocycles. The van der Waals surface area contributed by atoms with Crippen molar-refractivity contribution in [3.05, 3.63) is 29.3 Å². The normalized spacial score (nSPS) is 12.2. The van der Waals surface area contributed by atoms with E-state index in [4.69, 9.17) is 16.7 Å². The number of aliphatic hydroxyl groups is 1. The number of rotatable bonds is 3. The van der Waals surface area contributed by atoms with Crippen molar-refractivity contribution in [2.75, 3.05) is 5.32 Å². The fourth-order valence-electron chi connectivity index (χ4n) is 1.01. The molecule has 1 atom stereocenters. The molecular weight excluding hydrogens is 202 g/mol. The van der Waals surface area contributed by atoms with Gasteiger partial charge >= 0.3 is 0 Å². The molecule has 0 aromatic heterocycles. The van der Waals surface area contributed by atoms with E-state index >= 15 is 0 Å². The lowest BCUT2D eigenvalue weighted by molar-refractivity contribution is -0.117. The molecule has 0 aliphatic heterocycles. The summed E-state index contributed by atoms with van der Waals surface area (Å²) in [5.41, 5.74) is 0.681. The van der Waals surface area contributed by atoms with Crippen LogP contribution in [-0.4, -0.2) is 17.1 Å². The van der Waals surface area contributed by atoms with E-state index in [0.717, 1.165) is 0 Å². The Morgan fingerprint density at radius 3 is 2.57 bits per heavy atom. The van der Waals surface area contributed by atoms with Gasteiger partial charge in [-0.25, -0.2) is 0 Å². The molecule has 0 saturated heterocycles. The van der Waals surface area contributed by atoms with Crippen molar-refractivity contribution in [1.82, 2.24) is 0 Å². The zero-order valence-corrected chi connectivity index (χ0v) is 8.58. The van der Waals surface area contributed by atoms with Gasteiger partial charge < -0.3 is 10.4 Å². The number of carbonyl (C=O) groups excluding carboxylic acids is 1. The number of hydrogen-bond donors (Lipinski definition) is 2. The van der Waals surface area contributed by atoms with Crippen LogP contribution < -0.4 is 5.32 Å². The minimum atomic E-state index is -0.623.